The molecule has 0 unspecified atom stereocenters. The predicted octanol–water partition coefficient (Wildman–Crippen LogP) is 2.28. The van der Waals surface area contributed by atoms with E-state index < -0.39 is 11.8 Å². The fourth-order valence-corrected chi connectivity index (χ4v) is 3.26. The van der Waals surface area contributed by atoms with Gasteiger partial charge in [-0.1, -0.05) is 29.5 Å². The van der Waals surface area contributed by atoms with Gasteiger partial charge in [0.05, 0.1) is 12.1 Å². The van der Waals surface area contributed by atoms with E-state index in [9.17, 15) is 9.59 Å². The number of nitrogens with one attached hydrogen (secondary N) is 2. The van der Waals surface area contributed by atoms with Crippen LogP contribution in [-0.4, -0.2) is 33.6 Å². The second-order valence-electron chi connectivity index (χ2n) is 6.91. The maximum Gasteiger partial charge on any atom is 0.269 e. The van der Waals surface area contributed by atoms with Gasteiger partial charge in [-0.3, -0.25) is 20.4 Å². The molecule has 1 aliphatic heterocycles. The molecule has 0 aliphatic carbocycles. The average Bonchev–Trinajstić information content (AvgIpc) is 3.44. The van der Waals surface area contributed by atoms with E-state index in [1.54, 1.807) is 35.0 Å². The molecule has 9 heteroatoms. The van der Waals surface area contributed by atoms with Gasteiger partial charge in [-0.05, 0) is 48.0 Å². The van der Waals surface area contributed by atoms with Gasteiger partial charge in [0.1, 0.15) is 5.52 Å². The summed E-state index contributed by atoms with van der Waals surface area (Å²) in [6, 6.07) is 19.6. The van der Waals surface area contributed by atoms with E-state index in [0.717, 1.165) is 16.6 Å². The zero-order valence-electron chi connectivity index (χ0n) is 16.2. The fraction of sp³-hybridized carbons (Fsp3) is 0.0909. The first-order valence-electron chi connectivity index (χ1n) is 9.55. The summed E-state index contributed by atoms with van der Waals surface area (Å²) in [7, 11) is 0. The van der Waals surface area contributed by atoms with Crippen LogP contribution in [0, 0.1) is 0 Å². The molecule has 154 valence electrons. The summed E-state index contributed by atoms with van der Waals surface area (Å²) in [5.41, 5.74) is 8.32. The highest BCUT2D eigenvalue weighted by Crippen LogP contribution is 2.32. The Hall–Kier alpha value is -4.40. The Morgan fingerprint density at radius 3 is 2.42 bits per heavy atom. The molecule has 9 nitrogen and oxygen atoms in total. The lowest BCUT2D eigenvalue weighted by molar-refractivity contribution is 0.0846. The number of benzene rings is 3. The Bertz CT molecular complexity index is 1280. The minimum atomic E-state index is -0.457. The maximum atomic E-state index is 12.4. The van der Waals surface area contributed by atoms with E-state index in [2.05, 4.69) is 21.2 Å². The zero-order valence-corrected chi connectivity index (χ0v) is 16.2. The number of hydrogen-bond acceptors (Lipinski definition) is 6. The Kier molecular flexibility index (Phi) is 4.68. The second kappa shape index (κ2) is 7.79. The molecule has 2 heterocycles. The van der Waals surface area contributed by atoms with Gasteiger partial charge in [0.25, 0.3) is 11.8 Å². The Labute approximate surface area is 176 Å². The number of carbonyl (C=O) groups excluding carboxylic acids is 2. The normalized spacial score (nSPS) is 12.0. The zero-order chi connectivity index (χ0) is 21.2. The SMILES string of the molecule is O=C(NNC(=O)c1ccc2c(c1)OCO2)c1ccc(Cn2nnc3ccccc32)cc1. The van der Waals surface area contributed by atoms with Crippen LogP contribution in [-0.2, 0) is 6.54 Å². The minimum absolute atomic E-state index is 0.125. The summed E-state index contributed by atoms with van der Waals surface area (Å²) < 4.78 is 12.3. The lowest BCUT2D eigenvalue weighted by Gasteiger charge is -2.09. The van der Waals surface area contributed by atoms with Crippen LogP contribution in [0.1, 0.15) is 26.3 Å². The monoisotopic (exact) mass is 415 g/mol. The van der Waals surface area contributed by atoms with Crippen molar-refractivity contribution in [1.82, 2.24) is 25.8 Å². The van der Waals surface area contributed by atoms with Crippen LogP contribution in [0.25, 0.3) is 11.0 Å². The minimum Gasteiger partial charge on any atom is -0.454 e. The summed E-state index contributed by atoms with van der Waals surface area (Å²) in [6.45, 7) is 0.656. The van der Waals surface area contributed by atoms with E-state index in [1.807, 2.05) is 36.4 Å². The molecular formula is C22H17N5O4. The van der Waals surface area contributed by atoms with Crippen molar-refractivity contribution in [2.24, 2.45) is 0 Å². The number of nitrogens with zero attached hydrogens (tertiary/aromatic N) is 3. The summed E-state index contributed by atoms with van der Waals surface area (Å²) in [6.07, 6.45) is 0. The molecular weight excluding hydrogens is 398 g/mol. The molecule has 0 radical (unpaired) electrons. The van der Waals surface area contributed by atoms with E-state index in [-0.39, 0.29) is 6.79 Å². The van der Waals surface area contributed by atoms with Crippen molar-refractivity contribution in [2.45, 2.75) is 6.54 Å². The quantitative estimate of drug-likeness (QED) is 0.495. The Balaban J connectivity index is 1.20. The standard InChI is InChI=1S/C22H17N5O4/c28-21(24-25-22(29)16-9-10-19-20(11-16)31-13-30-19)15-7-5-14(6-8-15)12-27-18-4-2-1-3-17(18)23-26-27/h1-11H,12-13H2,(H,24,28)(H,25,29). The third-order valence-electron chi connectivity index (χ3n) is 4.89. The smallest absolute Gasteiger partial charge is 0.269 e. The summed E-state index contributed by atoms with van der Waals surface area (Å²) in [5.74, 6) is 0.197. The van der Waals surface area contributed by atoms with E-state index in [1.165, 1.54) is 0 Å². The Morgan fingerprint density at radius 1 is 0.871 bits per heavy atom. The number of amides is 2. The molecule has 1 aromatic heterocycles. The summed E-state index contributed by atoms with van der Waals surface area (Å²) >= 11 is 0. The van der Waals surface area contributed by atoms with Crippen LogP contribution in [0.4, 0.5) is 0 Å². The van der Waals surface area contributed by atoms with Crippen molar-refractivity contribution in [3.05, 3.63) is 83.4 Å². The van der Waals surface area contributed by atoms with Crippen molar-refractivity contribution < 1.29 is 19.1 Å². The number of para-hydroxylation sites is 1. The summed E-state index contributed by atoms with van der Waals surface area (Å²) in [5, 5.41) is 8.31. The van der Waals surface area contributed by atoms with Gasteiger partial charge in [-0.2, -0.15) is 0 Å². The highest BCUT2D eigenvalue weighted by atomic mass is 16.7. The molecule has 5 rings (SSSR count). The van der Waals surface area contributed by atoms with Gasteiger partial charge < -0.3 is 9.47 Å². The average molecular weight is 415 g/mol. The van der Waals surface area contributed by atoms with Gasteiger partial charge in [-0.15, -0.1) is 5.10 Å². The Morgan fingerprint density at radius 2 is 1.58 bits per heavy atom. The molecule has 0 spiro atoms. The van der Waals surface area contributed by atoms with Crippen molar-refractivity contribution in [3.63, 3.8) is 0 Å². The predicted molar refractivity (Wildman–Crippen MR) is 111 cm³/mol. The van der Waals surface area contributed by atoms with Gasteiger partial charge in [0.2, 0.25) is 6.79 Å². The van der Waals surface area contributed by atoms with Crippen LogP contribution in [0.2, 0.25) is 0 Å². The number of rotatable bonds is 4. The molecule has 31 heavy (non-hydrogen) atoms. The number of hydrazine groups is 1. The molecule has 2 N–H and O–H groups in total. The first-order chi connectivity index (χ1) is 15.2. The lowest BCUT2D eigenvalue weighted by atomic mass is 10.1. The van der Waals surface area contributed by atoms with Gasteiger partial charge in [-0.25, -0.2) is 4.68 Å². The van der Waals surface area contributed by atoms with Crippen molar-refractivity contribution in [1.29, 1.82) is 0 Å². The molecule has 0 fully saturated rings. The molecule has 0 atom stereocenters. The van der Waals surface area contributed by atoms with Crippen LogP contribution >= 0.6 is 0 Å². The second-order valence-corrected chi connectivity index (χ2v) is 6.91. The van der Waals surface area contributed by atoms with E-state index in [0.29, 0.717) is 29.2 Å². The highest BCUT2D eigenvalue weighted by molar-refractivity contribution is 5.99. The number of carbonyl (C=O) groups is 2. The van der Waals surface area contributed by atoms with E-state index in [4.69, 9.17) is 9.47 Å². The van der Waals surface area contributed by atoms with Crippen LogP contribution in [0.3, 0.4) is 0 Å². The van der Waals surface area contributed by atoms with Gasteiger partial charge in [0.15, 0.2) is 11.5 Å². The molecule has 3 aromatic carbocycles. The first-order valence-corrected chi connectivity index (χ1v) is 9.55. The topological polar surface area (TPSA) is 107 Å². The molecule has 4 aromatic rings. The number of fused-ring (bicyclic) bond motifs is 2. The molecule has 2 amide bonds. The van der Waals surface area contributed by atoms with E-state index >= 15 is 0 Å². The number of aromatic nitrogens is 3. The molecule has 0 saturated heterocycles. The number of hydrogen-bond donors (Lipinski definition) is 2. The van der Waals surface area contributed by atoms with Crippen LogP contribution in [0.15, 0.2) is 66.7 Å². The third-order valence-corrected chi connectivity index (χ3v) is 4.89. The maximum absolute atomic E-state index is 12.4. The van der Waals surface area contributed by atoms with Gasteiger partial charge >= 0.3 is 0 Å². The summed E-state index contributed by atoms with van der Waals surface area (Å²) in [4.78, 5) is 24.7. The molecule has 0 saturated carbocycles. The number of ether oxygens (including phenoxy) is 2. The van der Waals surface area contributed by atoms with Crippen LogP contribution in [0.5, 0.6) is 11.5 Å². The van der Waals surface area contributed by atoms with Crippen molar-refractivity contribution in [3.8, 4) is 11.5 Å². The van der Waals surface area contributed by atoms with Crippen molar-refractivity contribution in [2.75, 3.05) is 6.79 Å². The first kappa shape index (κ1) is 18.6. The largest absolute Gasteiger partial charge is 0.454 e. The molecule has 1 aliphatic rings. The van der Waals surface area contributed by atoms with Gasteiger partial charge in [0, 0.05) is 11.1 Å². The molecule has 0 bridgehead atoms. The van der Waals surface area contributed by atoms with Crippen molar-refractivity contribution >= 4 is 22.8 Å². The van der Waals surface area contributed by atoms with Crippen LogP contribution < -0.4 is 20.3 Å². The highest BCUT2D eigenvalue weighted by Gasteiger charge is 2.16. The third kappa shape index (κ3) is 3.76. The fourth-order valence-electron chi connectivity index (χ4n) is 3.26. The lowest BCUT2D eigenvalue weighted by Crippen LogP contribution is -2.41.